The number of hydrogen-bond donors (Lipinski definition) is 0. The van der Waals surface area contributed by atoms with E-state index >= 15 is 0 Å². The first-order valence-electron chi connectivity index (χ1n) is 4.79. The molecule has 0 saturated carbocycles. The van der Waals surface area contributed by atoms with E-state index in [4.69, 9.17) is 0 Å². The fourth-order valence-electron chi connectivity index (χ4n) is 1.98. The molecule has 0 radical (unpaired) electrons. The highest BCUT2D eigenvalue weighted by atomic mass is 16.1. The van der Waals surface area contributed by atoms with Crippen LogP contribution in [0.3, 0.4) is 0 Å². The van der Waals surface area contributed by atoms with Gasteiger partial charge in [-0.1, -0.05) is 17.7 Å². The van der Waals surface area contributed by atoms with Gasteiger partial charge in [-0.3, -0.25) is 0 Å². The van der Waals surface area contributed by atoms with Gasteiger partial charge in [0.05, 0.1) is 6.54 Å². The Morgan fingerprint density at radius 1 is 1.21 bits per heavy atom. The zero-order valence-electron chi connectivity index (χ0n) is 9.29. The highest BCUT2D eigenvalue weighted by Crippen LogP contribution is 2.24. The molecule has 0 saturated heterocycles. The first kappa shape index (κ1) is 10.8. The molecule has 1 aromatic carbocycles. The average Bonchev–Trinajstić information content (AvgIpc) is 2.01. The third kappa shape index (κ3) is 2.13. The number of benzene rings is 1. The molecule has 2 nitrogen and oxygen atoms in total. The van der Waals surface area contributed by atoms with Gasteiger partial charge in [-0.15, -0.1) is 0 Å². The molecule has 0 fully saturated rings. The fraction of sp³-hybridized carbons (Fsp3) is 0.417. The molecule has 1 rings (SSSR count). The molecule has 0 aliphatic heterocycles. The maximum absolute atomic E-state index is 10.4. The Hall–Kier alpha value is -1.31. The largest absolute Gasteiger partial charge is 0.367 e. The van der Waals surface area contributed by atoms with Crippen LogP contribution in [0.2, 0.25) is 0 Å². The third-order valence-corrected chi connectivity index (χ3v) is 2.37. The van der Waals surface area contributed by atoms with Crippen molar-refractivity contribution in [1.29, 1.82) is 0 Å². The van der Waals surface area contributed by atoms with Crippen LogP contribution in [-0.4, -0.2) is 19.9 Å². The maximum atomic E-state index is 10.4. The van der Waals surface area contributed by atoms with Crippen LogP contribution in [-0.2, 0) is 4.79 Å². The van der Waals surface area contributed by atoms with Crippen molar-refractivity contribution < 1.29 is 4.79 Å². The summed E-state index contributed by atoms with van der Waals surface area (Å²) in [6.07, 6.45) is 0.929. The number of rotatable bonds is 3. The highest BCUT2D eigenvalue weighted by Gasteiger charge is 2.07. The SMILES string of the molecule is Cc1cc(C)c(N(C)CC=O)c(C)c1. The van der Waals surface area contributed by atoms with Crippen molar-refractivity contribution in [3.8, 4) is 0 Å². The lowest BCUT2D eigenvalue weighted by atomic mass is 10.0. The number of carbonyl (C=O) groups is 1. The highest BCUT2D eigenvalue weighted by molar-refractivity contribution is 5.66. The summed E-state index contributed by atoms with van der Waals surface area (Å²) in [5.41, 5.74) is 4.89. The van der Waals surface area contributed by atoms with Crippen LogP contribution >= 0.6 is 0 Å². The van der Waals surface area contributed by atoms with Crippen molar-refractivity contribution in [1.82, 2.24) is 0 Å². The van der Waals surface area contributed by atoms with Crippen LogP contribution < -0.4 is 4.90 Å². The fourth-order valence-corrected chi connectivity index (χ4v) is 1.98. The lowest BCUT2D eigenvalue weighted by Crippen LogP contribution is -2.21. The number of aldehydes is 1. The predicted molar refractivity (Wildman–Crippen MR) is 60.0 cm³/mol. The third-order valence-electron chi connectivity index (χ3n) is 2.37. The summed E-state index contributed by atoms with van der Waals surface area (Å²) in [6.45, 7) is 6.70. The lowest BCUT2D eigenvalue weighted by molar-refractivity contribution is -0.106. The first-order valence-corrected chi connectivity index (χ1v) is 4.79. The van der Waals surface area contributed by atoms with Crippen LogP contribution in [0, 0.1) is 20.8 Å². The number of likely N-dealkylation sites (N-methyl/N-ethyl adjacent to an activating group) is 1. The van der Waals surface area contributed by atoms with Gasteiger partial charge in [-0.2, -0.15) is 0 Å². The van der Waals surface area contributed by atoms with E-state index in [0.29, 0.717) is 6.54 Å². The second kappa shape index (κ2) is 4.27. The monoisotopic (exact) mass is 191 g/mol. The summed E-state index contributed by atoms with van der Waals surface area (Å²) >= 11 is 0. The Morgan fingerprint density at radius 3 is 2.14 bits per heavy atom. The number of aryl methyl sites for hydroxylation is 3. The van der Waals surface area contributed by atoms with Crippen LogP contribution in [0.4, 0.5) is 5.69 Å². The smallest absolute Gasteiger partial charge is 0.139 e. The molecule has 76 valence electrons. The standard InChI is InChI=1S/C12H17NO/c1-9-7-10(2)12(11(3)8-9)13(4)5-6-14/h6-8H,5H2,1-4H3. The Kier molecular flexibility index (Phi) is 3.28. The Balaban J connectivity index is 3.13. The topological polar surface area (TPSA) is 20.3 Å². The number of hydrogen-bond acceptors (Lipinski definition) is 2. The van der Waals surface area contributed by atoms with Crippen molar-refractivity contribution in [3.63, 3.8) is 0 Å². The number of carbonyl (C=O) groups excluding carboxylic acids is 1. The summed E-state index contributed by atoms with van der Waals surface area (Å²) in [7, 11) is 1.94. The van der Waals surface area contributed by atoms with Crippen LogP contribution in [0.25, 0.3) is 0 Å². The van der Waals surface area contributed by atoms with Gasteiger partial charge in [0.2, 0.25) is 0 Å². The summed E-state index contributed by atoms with van der Waals surface area (Å²) in [6, 6.07) is 4.28. The van der Waals surface area contributed by atoms with Crippen LogP contribution in [0.15, 0.2) is 12.1 Å². The molecule has 0 spiro atoms. The molecule has 1 aromatic rings. The van der Waals surface area contributed by atoms with Crippen molar-refractivity contribution in [2.45, 2.75) is 20.8 Å². The molecule has 0 amide bonds. The molecule has 0 N–H and O–H groups in total. The van der Waals surface area contributed by atoms with E-state index in [1.165, 1.54) is 22.4 Å². The molecule has 0 atom stereocenters. The Morgan fingerprint density at radius 2 is 1.71 bits per heavy atom. The molecule has 0 aromatic heterocycles. The van der Waals surface area contributed by atoms with Crippen molar-refractivity contribution in [2.75, 3.05) is 18.5 Å². The summed E-state index contributed by atoms with van der Waals surface area (Å²) in [4.78, 5) is 12.4. The number of nitrogens with zero attached hydrogens (tertiary/aromatic N) is 1. The molecule has 0 unspecified atom stereocenters. The maximum Gasteiger partial charge on any atom is 0.139 e. The quantitative estimate of drug-likeness (QED) is 0.683. The van der Waals surface area contributed by atoms with Crippen molar-refractivity contribution in [2.24, 2.45) is 0 Å². The van der Waals surface area contributed by atoms with Gasteiger partial charge in [0.15, 0.2) is 0 Å². The van der Waals surface area contributed by atoms with Crippen molar-refractivity contribution >= 4 is 12.0 Å². The van der Waals surface area contributed by atoms with E-state index in [2.05, 4.69) is 32.9 Å². The minimum atomic E-state index is 0.449. The molecular weight excluding hydrogens is 174 g/mol. The van der Waals surface area contributed by atoms with Crippen LogP contribution in [0.5, 0.6) is 0 Å². The molecule has 0 aliphatic carbocycles. The molecule has 0 heterocycles. The molecule has 0 bridgehead atoms. The zero-order valence-corrected chi connectivity index (χ0v) is 9.29. The van der Waals surface area contributed by atoms with Gasteiger partial charge in [0, 0.05) is 12.7 Å². The normalized spacial score (nSPS) is 10.0. The second-order valence-corrected chi connectivity index (χ2v) is 3.79. The molecule has 2 heteroatoms. The van der Waals surface area contributed by atoms with Crippen molar-refractivity contribution in [3.05, 3.63) is 28.8 Å². The van der Waals surface area contributed by atoms with Gasteiger partial charge in [0.25, 0.3) is 0 Å². The van der Waals surface area contributed by atoms with Gasteiger partial charge in [-0.05, 0) is 31.9 Å². The van der Waals surface area contributed by atoms with E-state index in [9.17, 15) is 4.79 Å². The Bertz CT molecular complexity index is 321. The average molecular weight is 191 g/mol. The summed E-state index contributed by atoms with van der Waals surface area (Å²) in [5.74, 6) is 0. The van der Waals surface area contributed by atoms with E-state index in [1.54, 1.807) is 0 Å². The van der Waals surface area contributed by atoms with E-state index < -0.39 is 0 Å². The first-order chi connectivity index (χ1) is 6.56. The van der Waals surface area contributed by atoms with E-state index in [0.717, 1.165) is 6.29 Å². The van der Waals surface area contributed by atoms with Gasteiger partial charge < -0.3 is 9.69 Å². The van der Waals surface area contributed by atoms with Gasteiger partial charge >= 0.3 is 0 Å². The zero-order chi connectivity index (χ0) is 10.7. The lowest BCUT2D eigenvalue weighted by Gasteiger charge is -2.21. The van der Waals surface area contributed by atoms with Gasteiger partial charge in [0.1, 0.15) is 6.29 Å². The molecular formula is C12H17NO. The van der Waals surface area contributed by atoms with Crippen LogP contribution in [0.1, 0.15) is 16.7 Å². The van der Waals surface area contributed by atoms with E-state index in [-0.39, 0.29) is 0 Å². The Labute approximate surface area is 85.5 Å². The minimum absolute atomic E-state index is 0.449. The molecule has 0 aliphatic rings. The summed E-state index contributed by atoms with van der Waals surface area (Å²) in [5, 5.41) is 0. The minimum Gasteiger partial charge on any atom is -0.367 e. The predicted octanol–water partition coefficient (Wildman–Crippen LogP) is 2.25. The second-order valence-electron chi connectivity index (χ2n) is 3.79. The van der Waals surface area contributed by atoms with Gasteiger partial charge in [-0.25, -0.2) is 0 Å². The summed E-state index contributed by atoms with van der Waals surface area (Å²) < 4.78 is 0. The van der Waals surface area contributed by atoms with E-state index in [1.807, 2.05) is 11.9 Å². The number of anilines is 1. The molecule has 14 heavy (non-hydrogen) atoms.